The molecule has 36 heavy (non-hydrogen) atoms. The zero-order valence-electron chi connectivity index (χ0n) is 20.8. The monoisotopic (exact) mass is 491 g/mol. The second-order valence-corrected chi connectivity index (χ2v) is 9.43. The molecule has 0 radical (unpaired) electrons. The van der Waals surface area contributed by atoms with Crippen molar-refractivity contribution < 1.29 is 14.3 Å². The van der Waals surface area contributed by atoms with Crippen LogP contribution in [-0.4, -0.2) is 76.7 Å². The average Bonchev–Trinajstić information content (AvgIpc) is 3.12. The van der Waals surface area contributed by atoms with Crippen LogP contribution in [0.3, 0.4) is 0 Å². The number of aromatic nitrogens is 3. The molecule has 0 aliphatic carbocycles. The summed E-state index contributed by atoms with van der Waals surface area (Å²) >= 11 is 0. The quantitative estimate of drug-likeness (QED) is 0.466. The number of pyridine rings is 1. The number of hydrogen-bond acceptors (Lipinski definition) is 8. The molecule has 2 aromatic heterocycles. The van der Waals surface area contributed by atoms with E-state index in [0.717, 1.165) is 36.2 Å². The predicted molar refractivity (Wildman–Crippen MR) is 136 cm³/mol. The van der Waals surface area contributed by atoms with Crippen molar-refractivity contribution in [2.45, 2.75) is 38.8 Å². The van der Waals surface area contributed by atoms with Gasteiger partial charge in [-0.25, -0.2) is 4.79 Å². The van der Waals surface area contributed by atoms with Crippen molar-refractivity contribution in [3.63, 3.8) is 0 Å². The number of hydrogen-bond donors (Lipinski definition) is 0. The van der Waals surface area contributed by atoms with Crippen molar-refractivity contribution in [3.8, 4) is 5.75 Å². The standard InChI is InChI=1S/C27H33N5O4/c1-35-27(34)25-22-8-13-31(19-20-6-5-7-21-26(20)29-10-9-28-21)14-15-32(22)24(33)18-23(25)36-17-16-30-11-3-2-4-12-30/h5-7,9-10,18H,2-4,8,11-17,19H2,1H3. The van der Waals surface area contributed by atoms with Crippen molar-refractivity contribution in [2.75, 3.05) is 46.4 Å². The van der Waals surface area contributed by atoms with Crippen LogP contribution in [0.15, 0.2) is 41.5 Å². The zero-order valence-corrected chi connectivity index (χ0v) is 20.8. The van der Waals surface area contributed by atoms with Crippen LogP contribution < -0.4 is 10.3 Å². The summed E-state index contributed by atoms with van der Waals surface area (Å²) < 4.78 is 12.9. The first-order valence-electron chi connectivity index (χ1n) is 12.7. The van der Waals surface area contributed by atoms with Crippen LogP contribution in [0.1, 0.15) is 40.9 Å². The third kappa shape index (κ3) is 5.27. The number of ether oxygens (including phenoxy) is 2. The van der Waals surface area contributed by atoms with Crippen molar-refractivity contribution in [2.24, 2.45) is 0 Å². The number of methoxy groups -OCH3 is 1. The molecule has 2 aliphatic rings. The molecular formula is C27H33N5O4. The molecule has 0 amide bonds. The van der Waals surface area contributed by atoms with Crippen molar-refractivity contribution in [3.05, 3.63) is 63.8 Å². The first-order chi connectivity index (χ1) is 17.6. The van der Waals surface area contributed by atoms with E-state index in [4.69, 9.17) is 9.47 Å². The SMILES string of the molecule is COC(=O)c1c(OCCN2CCCCC2)cc(=O)n2c1CCN(Cc1cccc3nccnc13)CC2. The minimum absolute atomic E-state index is 0.150. The molecule has 9 nitrogen and oxygen atoms in total. The summed E-state index contributed by atoms with van der Waals surface area (Å²) in [6, 6.07) is 7.46. The maximum absolute atomic E-state index is 13.1. The highest BCUT2D eigenvalue weighted by atomic mass is 16.5. The van der Waals surface area contributed by atoms with E-state index >= 15 is 0 Å². The first-order valence-corrected chi connectivity index (χ1v) is 12.7. The Hall–Kier alpha value is -3.30. The molecule has 2 aliphatic heterocycles. The molecule has 0 atom stereocenters. The Morgan fingerprint density at radius 2 is 1.83 bits per heavy atom. The highest BCUT2D eigenvalue weighted by molar-refractivity contribution is 5.93. The predicted octanol–water partition coefficient (Wildman–Crippen LogP) is 2.50. The highest BCUT2D eigenvalue weighted by Crippen LogP contribution is 2.25. The van der Waals surface area contributed by atoms with Gasteiger partial charge in [0.25, 0.3) is 5.56 Å². The van der Waals surface area contributed by atoms with Gasteiger partial charge in [0.15, 0.2) is 0 Å². The fourth-order valence-electron chi connectivity index (χ4n) is 5.28. The fourth-order valence-corrected chi connectivity index (χ4v) is 5.28. The fraction of sp³-hybridized carbons (Fsp3) is 0.481. The maximum atomic E-state index is 13.1. The molecule has 3 aromatic rings. The second kappa shape index (κ2) is 11.2. The van der Waals surface area contributed by atoms with E-state index in [1.165, 1.54) is 32.4 Å². The van der Waals surface area contributed by atoms with Gasteiger partial charge in [0.1, 0.15) is 17.9 Å². The Kier molecular flexibility index (Phi) is 7.58. The molecule has 4 heterocycles. The number of likely N-dealkylation sites (tertiary alicyclic amines) is 1. The van der Waals surface area contributed by atoms with Gasteiger partial charge >= 0.3 is 5.97 Å². The highest BCUT2D eigenvalue weighted by Gasteiger charge is 2.26. The van der Waals surface area contributed by atoms with E-state index in [1.54, 1.807) is 17.0 Å². The lowest BCUT2D eigenvalue weighted by Gasteiger charge is -2.26. The number of carbonyl (C=O) groups is 1. The van der Waals surface area contributed by atoms with Crippen LogP contribution in [0.4, 0.5) is 0 Å². The van der Waals surface area contributed by atoms with Gasteiger partial charge in [-0.3, -0.25) is 24.6 Å². The van der Waals surface area contributed by atoms with Gasteiger partial charge in [0.2, 0.25) is 0 Å². The van der Waals surface area contributed by atoms with E-state index < -0.39 is 5.97 Å². The molecule has 0 bridgehead atoms. The van der Waals surface area contributed by atoms with Gasteiger partial charge in [0, 0.05) is 63.3 Å². The van der Waals surface area contributed by atoms with Crippen molar-refractivity contribution in [1.82, 2.24) is 24.3 Å². The summed E-state index contributed by atoms with van der Waals surface area (Å²) in [5, 5.41) is 0. The molecule has 0 spiro atoms. The van der Waals surface area contributed by atoms with Crippen LogP contribution in [0.25, 0.3) is 11.0 Å². The Morgan fingerprint density at radius 1 is 1.00 bits per heavy atom. The van der Waals surface area contributed by atoms with Gasteiger partial charge in [0.05, 0.1) is 18.1 Å². The zero-order chi connectivity index (χ0) is 24.9. The first kappa shape index (κ1) is 24.4. The number of rotatable bonds is 7. The number of nitrogens with zero attached hydrogens (tertiary/aromatic N) is 5. The number of benzene rings is 1. The van der Waals surface area contributed by atoms with E-state index in [1.807, 2.05) is 12.1 Å². The molecular weight excluding hydrogens is 458 g/mol. The summed E-state index contributed by atoms with van der Waals surface area (Å²) in [4.78, 5) is 39.5. The van der Waals surface area contributed by atoms with Crippen LogP contribution in [0.5, 0.6) is 5.75 Å². The number of carbonyl (C=O) groups excluding carboxylic acids is 1. The summed E-state index contributed by atoms with van der Waals surface area (Å²) in [5.74, 6) is -0.141. The molecule has 0 N–H and O–H groups in total. The van der Waals surface area contributed by atoms with Crippen molar-refractivity contribution >= 4 is 17.0 Å². The largest absolute Gasteiger partial charge is 0.491 e. The van der Waals surface area contributed by atoms with E-state index in [9.17, 15) is 9.59 Å². The molecule has 1 aromatic carbocycles. The Morgan fingerprint density at radius 3 is 2.67 bits per heavy atom. The summed E-state index contributed by atoms with van der Waals surface area (Å²) in [6.45, 7) is 5.89. The summed E-state index contributed by atoms with van der Waals surface area (Å²) in [7, 11) is 1.37. The van der Waals surface area contributed by atoms with Gasteiger partial charge in [-0.05, 0) is 37.6 Å². The van der Waals surface area contributed by atoms with Gasteiger partial charge < -0.3 is 14.0 Å². The molecule has 1 saturated heterocycles. The Labute approximate surface area is 210 Å². The van der Waals surface area contributed by atoms with E-state index in [2.05, 4.69) is 25.8 Å². The molecule has 5 rings (SSSR count). The van der Waals surface area contributed by atoms with E-state index in [0.29, 0.717) is 56.2 Å². The van der Waals surface area contributed by atoms with E-state index in [-0.39, 0.29) is 5.56 Å². The van der Waals surface area contributed by atoms with Crippen LogP contribution in [0, 0.1) is 0 Å². The van der Waals surface area contributed by atoms with Gasteiger partial charge in [-0.15, -0.1) is 0 Å². The van der Waals surface area contributed by atoms with Gasteiger partial charge in [-0.1, -0.05) is 18.6 Å². The lowest BCUT2D eigenvalue weighted by molar-refractivity contribution is 0.0592. The smallest absolute Gasteiger partial charge is 0.343 e. The number of para-hydroxylation sites is 1. The van der Waals surface area contributed by atoms with Crippen LogP contribution in [-0.2, 0) is 24.2 Å². The topological polar surface area (TPSA) is 89.8 Å². The van der Waals surface area contributed by atoms with Crippen LogP contribution in [0.2, 0.25) is 0 Å². The Bertz CT molecular complexity index is 1280. The molecule has 190 valence electrons. The number of piperidine rings is 1. The minimum atomic E-state index is -0.468. The molecule has 0 saturated carbocycles. The van der Waals surface area contributed by atoms with Crippen LogP contribution >= 0.6 is 0 Å². The third-order valence-corrected chi connectivity index (χ3v) is 7.17. The molecule has 0 unspecified atom stereocenters. The molecule has 9 heteroatoms. The Balaban J connectivity index is 1.35. The van der Waals surface area contributed by atoms with Gasteiger partial charge in [-0.2, -0.15) is 0 Å². The normalized spacial score (nSPS) is 16.9. The van der Waals surface area contributed by atoms with Crippen molar-refractivity contribution in [1.29, 1.82) is 0 Å². The average molecular weight is 492 g/mol. The summed E-state index contributed by atoms with van der Waals surface area (Å²) in [5.41, 5.74) is 3.75. The number of esters is 1. The lowest BCUT2D eigenvalue weighted by atomic mass is 10.1. The third-order valence-electron chi connectivity index (χ3n) is 7.17. The lowest BCUT2D eigenvalue weighted by Crippen LogP contribution is -2.34. The number of fused-ring (bicyclic) bond motifs is 2. The second-order valence-electron chi connectivity index (χ2n) is 9.43. The summed E-state index contributed by atoms with van der Waals surface area (Å²) in [6.07, 6.45) is 7.63. The molecule has 1 fully saturated rings. The minimum Gasteiger partial charge on any atom is -0.491 e. The maximum Gasteiger partial charge on any atom is 0.343 e.